The second kappa shape index (κ2) is 5.87. The predicted octanol–water partition coefficient (Wildman–Crippen LogP) is 3.03. The summed E-state index contributed by atoms with van der Waals surface area (Å²) in [5.41, 5.74) is 2.07. The molecule has 0 saturated carbocycles. The normalized spacial score (nSPS) is 10.3. The van der Waals surface area contributed by atoms with Crippen molar-refractivity contribution in [1.82, 2.24) is 4.57 Å². The van der Waals surface area contributed by atoms with Crippen molar-refractivity contribution >= 4 is 21.6 Å². The summed E-state index contributed by atoms with van der Waals surface area (Å²) in [6, 6.07) is 13.3. The minimum atomic E-state index is 0.0453. The summed E-state index contributed by atoms with van der Waals surface area (Å²) in [7, 11) is 0. The standard InChI is InChI=1S/C14H15BrN2O/c1-11-5-4-8-14(18)17(11)10-9-16-13-7-3-2-6-12(13)15/h2-8,16H,9-10H2,1H3. The molecule has 0 aliphatic rings. The van der Waals surface area contributed by atoms with Crippen LogP contribution in [0.25, 0.3) is 0 Å². The number of nitrogens with one attached hydrogen (secondary N) is 1. The molecule has 0 unspecified atom stereocenters. The molecule has 0 fully saturated rings. The average molecular weight is 307 g/mol. The highest BCUT2D eigenvalue weighted by molar-refractivity contribution is 9.10. The first-order valence-electron chi connectivity index (χ1n) is 5.83. The zero-order valence-corrected chi connectivity index (χ0v) is 11.8. The van der Waals surface area contributed by atoms with Crippen LogP contribution in [0.5, 0.6) is 0 Å². The molecule has 0 atom stereocenters. The van der Waals surface area contributed by atoms with E-state index in [1.165, 1.54) is 0 Å². The summed E-state index contributed by atoms with van der Waals surface area (Å²) in [5, 5.41) is 3.31. The van der Waals surface area contributed by atoms with Crippen molar-refractivity contribution in [3.63, 3.8) is 0 Å². The maximum absolute atomic E-state index is 11.7. The van der Waals surface area contributed by atoms with Gasteiger partial charge in [-0.25, -0.2) is 0 Å². The third-order valence-electron chi connectivity index (χ3n) is 2.79. The number of anilines is 1. The van der Waals surface area contributed by atoms with E-state index in [1.54, 1.807) is 16.7 Å². The van der Waals surface area contributed by atoms with Gasteiger partial charge in [-0.1, -0.05) is 18.2 Å². The van der Waals surface area contributed by atoms with Gasteiger partial charge in [0.15, 0.2) is 0 Å². The lowest BCUT2D eigenvalue weighted by atomic mass is 10.3. The molecule has 4 heteroatoms. The third-order valence-corrected chi connectivity index (χ3v) is 3.48. The molecule has 94 valence electrons. The first-order valence-corrected chi connectivity index (χ1v) is 6.62. The molecular formula is C14H15BrN2O. The predicted molar refractivity (Wildman–Crippen MR) is 78.1 cm³/mol. The van der Waals surface area contributed by atoms with Crippen LogP contribution in [0.15, 0.2) is 51.7 Å². The minimum absolute atomic E-state index is 0.0453. The second-order valence-corrected chi connectivity index (χ2v) is 4.92. The van der Waals surface area contributed by atoms with Crippen molar-refractivity contribution in [3.05, 3.63) is 63.0 Å². The largest absolute Gasteiger partial charge is 0.382 e. The fourth-order valence-corrected chi connectivity index (χ4v) is 2.24. The zero-order chi connectivity index (χ0) is 13.0. The minimum Gasteiger partial charge on any atom is -0.382 e. The molecule has 0 amide bonds. The van der Waals surface area contributed by atoms with Gasteiger partial charge >= 0.3 is 0 Å². The SMILES string of the molecule is Cc1cccc(=O)n1CCNc1ccccc1Br. The summed E-state index contributed by atoms with van der Waals surface area (Å²) < 4.78 is 2.80. The Kier molecular flexibility index (Phi) is 4.20. The van der Waals surface area contributed by atoms with E-state index in [-0.39, 0.29) is 5.56 Å². The molecule has 0 aliphatic heterocycles. The van der Waals surface area contributed by atoms with Gasteiger partial charge in [0.1, 0.15) is 0 Å². The summed E-state index contributed by atoms with van der Waals surface area (Å²) in [6.07, 6.45) is 0. The highest BCUT2D eigenvalue weighted by Crippen LogP contribution is 2.20. The molecule has 2 rings (SSSR count). The van der Waals surface area contributed by atoms with Gasteiger partial charge in [-0.3, -0.25) is 4.79 Å². The third kappa shape index (κ3) is 3.01. The van der Waals surface area contributed by atoms with E-state index in [2.05, 4.69) is 21.2 Å². The Morgan fingerprint density at radius 1 is 1.17 bits per heavy atom. The van der Waals surface area contributed by atoms with Gasteiger partial charge in [-0.15, -0.1) is 0 Å². The molecule has 3 nitrogen and oxygen atoms in total. The van der Waals surface area contributed by atoms with Gasteiger partial charge in [-0.2, -0.15) is 0 Å². The fraction of sp³-hybridized carbons (Fsp3) is 0.214. The van der Waals surface area contributed by atoms with Gasteiger partial charge in [0.25, 0.3) is 5.56 Å². The maximum Gasteiger partial charge on any atom is 0.250 e. The quantitative estimate of drug-likeness (QED) is 0.942. The average Bonchev–Trinajstić information content (AvgIpc) is 2.35. The van der Waals surface area contributed by atoms with E-state index in [9.17, 15) is 4.79 Å². The molecule has 0 bridgehead atoms. The zero-order valence-electron chi connectivity index (χ0n) is 10.2. The van der Waals surface area contributed by atoms with E-state index in [0.29, 0.717) is 13.1 Å². The van der Waals surface area contributed by atoms with E-state index >= 15 is 0 Å². The van der Waals surface area contributed by atoms with Crippen LogP contribution in [0.2, 0.25) is 0 Å². The summed E-state index contributed by atoms with van der Waals surface area (Å²) in [4.78, 5) is 11.7. The molecule has 0 saturated heterocycles. The molecule has 1 N–H and O–H groups in total. The first kappa shape index (κ1) is 12.9. The van der Waals surface area contributed by atoms with E-state index in [0.717, 1.165) is 15.9 Å². The molecule has 1 aromatic heterocycles. The van der Waals surface area contributed by atoms with Crippen molar-refractivity contribution in [2.24, 2.45) is 0 Å². The Bertz CT molecular complexity index is 592. The van der Waals surface area contributed by atoms with Crippen molar-refractivity contribution in [1.29, 1.82) is 0 Å². The van der Waals surface area contributed by atoms with Crippen molar-refractivity contribution < 1.29 is 0 Å². The van der Waals surface area contributed by atoms with Crippen LogP contribution in [0, 0.1) is 6.92 Å². The van der Waals surface area contributed by atoms with E-state index in [1.807, 2.05) is 37.3 Å². The maximum atomic E-state index is 11.7. The van der Waals surface area contributed by atoms with E-state index in [4.69, 9.17) is 0 Å². The number of nitrogens with zero attached hydrogens (tertiary/aromatic N) is 1. The van der Waals surface area contributed by atoms with Crippen LogP contribution in [0.1, 0.15) is 5.69 Å². The van der Waals surface area contributed by atoms with Gasteiger partial charge in [-0.05, 0) is 41.1 Å². The Balaban J connectivity index is 2.01. The van der Waals surface area contributed by atoms with Gasteiger partial charge in [0.2, 0.25) is 0 Å². The van der Waals surface area contributed by atoms with Crippen LogP contribution < -0.4 is 10.9 Å². The van der Waals surface area contributed by atoms with Gasteiger partial charge < -0.3 is 9.88 Å². The Morgan fingerprint density at radius 3 is 2.67 bits per heavy atom. The number of para-hydroxylation sites is 1. The number of pyridine rings is 1. The molecule has 1 aromatic carbocycles. The first-order chi connectivity index (χ1) is 8.68. The second-order valence-electron chi connectivity index (χ2n) is 4.06. The molecule has 0 aliphatic carbocycles. The smallest absolute Gasteiger partial charge is 0.250 e. The highest BCUT2D eigenvalue weighted by Gasteiger charge is 2.00. The van der Waals surface area contributed by atoms with Gasteiger partial charge in [0, 0.05) is 35.0 Å². The number of halogens is 1. The van der Waals surface area contributed by atoms with Crippen LogP contribution in [-0.4, -0.2) is 11.1 Å². The molecule has 0 spiro atoms. The lowest BCUT2D eigenvalue weighted by molar-refractivity contribution is 0.675. The topological polar surface area (TPSA) is 34.0 Å². The van der Waals surface area contributed by atoms with Crippen LogP contribution in [-0.2, 0) is 6.54 Å². The lowest BCUT2D eigenvalue weighted by Crippen LogP contribution is -2.24. The Hall–Kier alpha value is -1.55. The number of benzene rings is 1. The summed E-state index contributed by atoms with van der Waals surface area (Å²) in [6.45, 7) is 3.32. The van der Waals surface area contributed by atoms with Crippen molar-refractivity contribution in [2.75, 3.05) is 11.9 Å². The van der Waals surface area contributed by atoms with Crippen molar-refractivity contribution in [2.45, 2.75) is 13.5 Å². The molecule has 18 heavy (non-hydrogen) atoms. The molecule has 0 radical (unpaired) electrons. The molecule has 2 aromatic rings. The highest BCUT2D eigenvalue weighted by atomic mass is 79.9. The fourth-order valence-electron chi connectivity index (χ4n) is 1.82. The number of hydrogen-bond acceptors (Lipinski definition) is 2. The van der Waals surface area contributed by atoms with E-state index < -0.39 is 0 Å². The molecule has 1 heterocycles. The summed E-state index contributed by atoms with van der Waals surface area (Å²) >= 11 is 3.48. The monoisotopic (exact) mass is 306 g/mol. The number of aryl methyl sites for hydroxylation is 1. The number of rotatable bonds is 4. The lowest BCUT2D eigenvalue weighted by Gasteiger charge is -2.11. The number of aromatic nitrogens is 1. The van der Waals surface area contributed by atoms with Crippen LogP contribution >= 0.6 is 15.9 Å². The summed E-state index contributed by atoms with van der Waals surface area (Å²) in [5.74, 6) is 0. The van der Waals surface area contributed by atoms with Crippen LogP contribution in [0.4, 0.5) is 5.69 Å². The van der Waals surface area contributed by atoms with Crippen molar-refractivity contribution in [3.8, 4) is 0 Å². The Morgan fingerprint density at radius 2 is 1.94 bits per heavy atom. The van der Waals surface area contributed by atoms with Crippen LogP contribution in [0.3, 0.4) is 0 Å². The van der Waals surface area contributed by atoms with Gasteiger partial charge in [0.05, 0.1) is 0 Å². The molecular weight excluding hydrogens is 292 g/mol. The number of hydrogen-bond donors (Lipinski definition) is 1. The Labute approximate surface area is 115 Å².